The SMILES string of the molecule is Cc1cc2oc(=O)cc(C)c2cc1NC(=O)NCc1noc([C@@H]2CCCO2)n1. The lowest BCUT2D eigenvalue weighted by Crippen LogP contribution is -2.29. The lowest BCUT2D eigenvalue weighted by molar-refractivity contribution is 0.0835. The highest BCUT2D eigenvalue weighted by Gasteiger charge is 2.23. The van der Waals surface area contributed by atoms with Gasteiger partial charge in [-0.1, -0.05) is 5.16 Å². The summed E-state index contributed by atoms with van der Waals surface area (Å²) in [7, 11) is 0. The van der Waals surface area contributed by atoms with E-state index in [1.165, 1.54) is 6.07 Å². The molecule has 3 heterocycles. The van der Waals surface area contributed by atoms with Crippen LogP contribution >= 0.6 is 0 Å². The Kier molecular flexibility index (Phi) is 4.82. The van der Waals surface area contributed by atoms with Crippen LogP contribution in [0.25, 0.3) is 11.0 Å². The van der Waals surface area contributed by atoms with Crippen LogP contribution in [0.2, 0.25) is 0 Å². The van der Waals surface area contributed by atoms with Crippen molar-refractivity contribution in [3.05, 3.63) is 51.5 Å². The van der Waals surface area contributed by atoms with E-state index in [0.29, 0.717) is 29.6 Å². The molecule has 0 bridgehead atoms. The number of ether oxygens (including phenoxy) is 1. The summed E-state index contributed by atoms with van der Waals surface area (Å²) < 4.78 is 15.9. The first-order valence-corrected chi connectivity index (χ1v) is 9.03. The summed E-state index contributed by atoms with van der Waals surface area (Å²) in [6.45, 7) is 4.46. The number of nitrogens with one attached hydrogen (secondary N) is 2. The maximum absolute atomic E-state index is 12.3. The van der Waals surface area contributed by atoms with E-state index in [1.807, 2.05) is 13.8 Å². The number of carbonyl (C=O) groups excluding carboxylic acids is 1. The number of carbonyl (C=O) groups is 1. The lowest BCUT2D eigenvalue weighted by Gasteiger charge is -2.11. The second-order valence-electron chi connectivity index (χ2n) is 6.77. The topological polar surface area (TPSA) is 119 Å². The molecule has 146 valence electrons. The van der Waals surface area contributed by atoms with Crippen molar-refractivity contribution in [3.63, 3.8) is 0 Å². The average molecular weight is 384 g/mol. The molecule has 1 saturated heterocycles. The van der Waals surface area contributed by atoms with Crippen molar-refractivity contribution in [3.8, 4) is 0 Å². The zero-order valence-corrected chi connectivity index (χ0v) is 15.6. The molecule has 0 saturated carbocycles. The van der Waals surface area contributed by atoms with Crippen molar-refractivity contribution < 1.29 is 18.5 Å². The van der Waals surface area contributed by atoms with Gasteiger partial charge in [0.1, 0.15) is 11.7 Å². The van der Waals surface area contributed by atoms with Crippen LogP contribution in [0.4, 0.5) is 10.5 Å². The fraction of sp³-hybridized carbons (Fsp3) is 0.368. The third-order valence-electron chi connectivity index (χ3n) is 4.64. The predicted octanol–water partition coefficient (Wildman–Crippen LogP) is 2.97. The van der Waals surface area contributed by atoms with Gasteiger partial charge in [0.25, 0.3) is 5.89 Å². The van der Waals surface area contributed by atoms with Crippen molar-refractivity contribution in [1.29, 1.82) is 0 Å². The number of nitrogens with zero attached hydrogens (tertiary/aromatic N) is 2. The molecule has 0 spiro atoms. The Balaban J connectivity index is 1.42. The highest BCUT2D eigenvalue weighted by atomic mass is 16.5. The van der Waals surface area contributed by atoms with E-state index in [4.69, 9.17) is 13.7 Å². The van der Waals surface area contributed by atoms with Gasteiger partial charge < -0.3 is 24.3 Å². The van der Waals surface area contributed by atoms with Crippen LogP contribution in [-0.2, 0) is 11.3 Å². The third-order valence-corrected chi connectivity index (χ3v) is 4.64. The largest absolute Gasteiger partial charge is 0.423 e. The van der Waals surface area contributed by atoms with Gasteiger partial charge in [0, 0.05) is 23.7 Å². The van der Waals surface area contributed by atoms with Crippen molar-refractivity contribution in [1.82, 2.24) is 15.5 Å². The molecule has 1 aliphatic rings. The van der Waals surface area contributed by atoms with Gasteiger partial charge in [0.05, 0.1) is 6.54 Å². The van der Waals surface area contributed by atoms with Gasteiger partial charge in [0.15, 0.2) is 5.82 Å². The number of urea groups is 1. The van der Waals surface area contributed by atoms with Crippen LogP contribution in [0.1, 0.15) is 41.8 Å². The van der Waals surface area contributed by atoms with Crippen LogP contribution in [0, 0.1) is 13.8 Å². The van der Waals surface area contributed by atoms with E-state index in [9.17, 15) is 9.59 Å². The number of anilines is 1. The summed E-state index contributed by atoms with van der Waals surface area (Å²) in [6, 6.07) is 4.53. The fourth-order valence-corrected chi connectivity index (χ4v) is 3.17. The maximum Gasteiger partial charge on any atom is 0.336 e. The molecule has 28 heavy (non-hydrogen) atoms. The number of hydrogen-bond acceptors (Lipinski definition) is 7. The Morgan fingerprint density at radius 3 is 2.89 bits per heavy atom. The number of fused-ring (bicyclic) bond motifs is 1. The number of hydrogen-bond donors (Lipinski definition) is 2. The quantitative estimate of drug-likeness (QED) is 0.664. The monoisotopic (exact) mass is 384 g/mol. The highest BCUT2D eigenvalue weighted by molar-refractivity contribution is 5.94. The number of benzene rings is 1. The van der Waals surface area contributed by atoms with E-state index in [1.54, 1.807) is 12.1 Å². The van der Waals surface area contributed by atoms with Crippen molar-refractivity contribution in [2.24, 2.45) is 0 Å². The summed E-state index contributed by atoms with van der Waals surface area (Å²) in [5.41, 5.74) is 2.27. The van der Waals surface area contributed by atoms with Crippen molar-refractivity contribution in [2.75, 3.05) is 11.9 Å². The van der Waals surface area contributed by atoms with Crippen molar-refractivity contribution in [2.45, 2.75) is 39.3 Å². The minimum absolute atomic E-state index is 0.128. The molecule has 2 aromatic heterocycles. The fourth-order valence-electron chi connectivity index (χ4n) is 3.17. The zero-order valence-electron chi connectivity index (χ0n) is 15.6. The van der Waals surface area contributed by atoms with Gasteiger partial charge in [-0.05, 0) is 49.9 Å². The third kappa shape index (κ3) is 3.74. The molecule has 9 heteroatoms. The second kappa shape index (κ2) is 7.43. The Morgan fingerprint density at radius 1 is 1.25 bits per heavy atom. The molecule has 1 fully saturated rings. The standard InChI is InChI=1S/C19H20N4O5/c1-10-7-17(24)27-15-6-11(2)13(8-12(10)15)21-19(25)20-9-16-22-18(28-23-16)14-4-3-5-26-14/h6-8,14H,3-5,9H2,1-2H3,(H2,20,21,25)/t14-/m0/s1. The lowest BCUT2D eigenvalue weighted by atomic mass is 10.1. The summed E-state index contributed by atoms with van der Waals surface area (Å²) in [5, 5.41) is 10.1. The highest BCUT2D eigenvalue weighted by Crippen LogP contribution is 2.27. The molecule has 4 rings (SSSR count). The predicted molar refractivity (Wildman–Crippen MR) is 100 cm³/mol. The first-order chi connectivity index (χ1) is 13.5. The molecular formula is C19H20N4O5. The van der Waals surface area contributed by atoms with Crippen LogP contribution in [0.5, 0.6) is 0 Å². The summed E-state index contributed by atoms with van der Waals surface area (Å²) in [5.74, 6) is 0.825. The summed E-state index contributed by atoms with van der Waals surface area (Å²) in [6.07, 6.45) is 1.67. The Morgan fingerprint density at radius 2 is 2.11 bits per heavy atom. The smallest absolute Gasteiger partial charge is 0.336 e. The maximum atomic E-state index is 12.3. The summed E-state index contributed by atoms with van der Waals surface area (Å²) in [4.78, 5) is 28.0. The van der Waals surface area contributed by atoms with Gasteiger partial charge in [0.2, 0.25) is 0 Å². The zero-order chi connectivity index (χ0) is 19.7. The van der Waals surface area contributed by atoms with Crippen molar-refractivity contribution >= 4 is 22.7 Å². The van der Waals surface area contributed by atoms with E-state index in [0.717, 1.165) is 29.4 Å². The Bertz CT molecular complexity index is 1080. The molecule has 9 nitrogen and oxygen atoms in total. The van der Waals surface area contributed by atoms with E-state index in [-0.39, 0.29) is 12.6 Å². The van der Waals surface area contributed by atoms with Gasteiger partial charge in [-0.2, -0.15) is 4.98 Å². The number of aryl methyl sites for hydroxylation is 2. The second-order valence-corrected chi connectivity index (χ2v) is 6.77. The molecule has 1 aromatic carbocycles. The van der Waals surface area contributed by atoms with Crippen LogP contribution < -0.4 is 16.3 Å². The number of rotatable bonds is 4. The molecule has 1 atom stereocenters. The van der Waals surface area contributed by atoms with Crippen LogP contribution in [-0.4, -0.2) is 22.8 Å². The molecule has 2 amide bonds. The molecule has 1 aliphatic heterocycles. The summed E-state index contributed by atoms with van der Waals surface area (Å²) >= 11 is 0. The minimum Gasteiger partial charge on any atom is -0.423 e. The average Bonchev–Trinajstić information content (AvgIpc) is 3.32. The Labute approximate surface area is 160 Å². The Hall–Kier alpha value is -3.20. The number of aromatic nitrogens is 2. The van der Waals surface area contributed by atoms with E-state index < -0.39 is 11.7 Å². The molecule has 0 unspecified atom stereocenters. The van der Waals surface area contributed by atoms with E-state index >= 15 is 0 Å². The molecule has 0 aliphatic carbocycles. The minimum atomic E-state index is -0.402. The van der Waals surface area contributed by atoms with Gasteiger partial charge in [-0.15, -0.1) is 0 Å². The van der Waals surface area contributed by atoms with Gasteiger partial charge in [-0.25, -0.2) is 9.59 Å². The number of amides is 2. The van der Waals surface area contributed by atoms with Gasteiger partial charge in [-0.3, -0.25) is 0 Å². The first kappa shape index (κ1) is 18.2. The first-order valence-electron chi connectivity index (χ1n) is 9.03. The molecular weight excluding hydrogens is 364 g/mol. The molecule has 0 radical (unpaired) electrons. The van der Waals surface area contributed by atoms with Gasteiger partial charge >= 0.3 is 11.7 Å². The normalized spacial score (nSPS) is 16.4. The van der Waals surface area contributed by atoms with E-state index in [2.05, 4.69) is 20.8 Å². The molecule has 3 aromatic rings. The molecule has 2 N–H and O–H groups in total. The van der Waals surface area contributed by atoms with Crippen LogP contribution in [0.15, 0.2) is 31.9 Å². The van der Waals surface area contributed by atoms with Crippen LogP contribution in [0.3, 0.4) is 0 Å².